The molecular weight excluding hydrogens is 374 g/mol. The summed E-state index contributed by atoms with van der Waals surface area (Å²) < 4.78 is 6.40. The van der Waals surface area contributed by atoms with Crippen molar-refractivity contribution < 1.29 is 14.3 Å². The zero-order valence-electron chi connectivity index (χ0n) is 14.4. The van der Waals surface area contributed by atoms with Gasteiger partial charge in [0.15, 0.2) is 0 Å². The lowest BCUT2D eigenvalue weighted by molar-refractivity contribution is -0.140. The fourth-order valence-corrected chi connectivity index (χ4v) is 3.77. The lowest BCUT2D eigenvalue weighted by Gasteiger charge is -2.03. The van der Waals surface area contributed by atoms with Crippen molar-refractivity contribution in [2.24, 2.45) is 0 Å². The van der Waals surface area contributed by atoms with Crippen molar-refractivity contribution in [3.8, 4) is 5.69 Å². The predicted octanol–water partition coefficient (Wildman–Crippen LogP) is 3.73. The van der Waals surface area contributed by atoms with E-state index in [0.29, 0.717) is 22.9 Å². The maximum Gasteiger partial charge on any atom is 0.305 e. The van der Waals surface area contributed by atoms with Crippen LogP contribution in [0, 0.1) is 6.92 Å². The van der Waals surface area contributed by atoms with E-state index in [1.807, 2.05) is 41.9 Å². The number of ether oxygens (including phenoxy) is 1. The Morgan fingerprint density at radius 3 is 2.73 bits per heavy atom. The molecule has 26 heavy (non-hydrogen) atoms. The number of aromatic nitrogens is 2. The minimum absolute atomic E-state index is 0.155. The first-order valence-electron chi connectivity index (χ1n) is 8.09. The van der Waals surface area contributed by atoms with Crippen LogP contribution in [-0.2, 0) is 9.53 Å². The Morgan fingerprint density at radius 2 is 2.04 bits per heavy atom. The summed E-state index contributed by atoms with van der Waals surface area (Å²) in [7, 11) is 1.35. The Hall–Kier alpha value is -2.38. The second-order valence-corrected chi connectivity index (χ2v) is 7.21. The Kier molecular flexibility index (Phi) is 5.58. The number of fused-ring (bicyclic) bond motifs is 1. The number of hydrogen-bond acceptors (Lipinski definition) is 5. The second kappa shape index (κ2) is 7.88. The van der Waals surface area contributed by atoms with Crippen LogP contribution in [0.25, 0.3) is 15.9 Å². The van der Waals surface area contributed by atoms with Crippen molar-refractivity contribution in [2.45, 2.75) is 19.8 Å². The molecule has 2 heterocycles. The van der Waals surface area contributed by atoms with Crippen LogP contribution in [0.1, 0.15) is 28.2 Å². The molecule has 2 aromatic heterocycles. The summed E-state index contributed by atoms with van der Waals surface area (Å²) in [5.74, 6) is -0.432. The highest BCUT2D eigenvalue weighted by Gasteiger charge is 2.17. The molecule has 0 saturated carbocycles. The fourth-order valence-electron chi connectivity index (χ4n) is 2.54. The smallest absolute Gasteiger partial charge is 0.305 e. The normalized spacial score (nSPS) is 10.9. The number of carbonyl (C=O) groups is 2. The zero-order chi connectivity index (χ0) is 18.7. The number of benzene rings is 1. The quantitative estimate of drug-likeness (QED) is 0.513. The molecule has 0 bridgehead atoms. The summed E-state index contributed by atoms with van der Waals surface area (Å²) in [5, 5.41) is 9.00. The van der Waals surface area contributed by atoms with Gasteiger partial charge in [0.1, 0.15) is 4.83 Å². The number of rotatable bonds is 6. The standard InChI is InChI=1S/C18H18ClN3O3S/c1-11-14-10-15(17(24)20-9-3-4-16(23)25-2)26-18(14)22(21-11)13-7-5-12(19)6-8-13/h5-8,10H,3-4,9H2,1-2H3,(H,20,24). The second-order valence-electron chi connectivity index (χ2n) is 5.74. The molecule has 0 aliphatic heterocycles. The van der Waals surface area contributed by atoms with Gasteiger partial charge in [-0.2, -0.15) is 5.10 Å². The number of amides is 1. The van der Waals surface area contributed by atoms with Crippen LogP contribution in [-0.4, -0.2) is 35.3 Å². The fraction of sp³-hybridized carbons (Fsp3) is 0.278. The largest absolute Gasteiger partial charge is 0.469 e. The molecule has 0 fully saturated rings. The van der Waals surface area contributed by atoms with Crippen LogP contribution in [0.3, 0.4) is 0 Å². The third kappa shape index (κ3) is 3.89. The van der Waals surface area contributed by atoms with Crippen molar-refractivity contribution >= 4 is 45.0 Å². The first-order chi connectivity index (χ1) is 12.5. The summed E-state index contributed by atoms with van der Waals surface area (Å²) >= 11 is 7.33. The molecule has 136 valence electrons. The number of nitrogens with zero attached hydrogens (tertiary/aromatic N) is 2. The van der Waals surface area contributed by atoms with Gasteiger partial charge in [-0.15, -0.1) is 11.3 Å². The molecule has 1 N–H and O–H groups in total. The van der Waals surface area contributed by atoms with Crippen molar-refractivity contribution in [2.75, 3.05) is 13.7 Å². The van der Waals surface area contributed by atoms with Gasteiger partial charge in [-0.05, 0) is 43.7 Å². The van der Waals surface area contributed by atoms with E-state index >= 15 is 0 Å². The van der Waals surface area contributed by atoms with Crippen molar-refractivity contribution in [3.05, 3.63) is 45.9 Å². The Balaban J connectivity index is 1.77. The predicted molar refractivity (Wildman–Crippen MR) is 102 cm³/mol. The molecule has 0 saturated heterocycles. The van der Waals surface area contributed by atoms with Gasteiger partial charge in [0.2, 0.25) is 0 Å². The highest BCUT2D eigenvalue weighted by molar-refractivity contribution is 7.20. The molecule has 0 spiro atoms. The average molecular weight is 392 g/mol. The SMILES string of the molecule is COC(=O)CCCNC(=O)c1cc2c(C)nn(-c3ccc(Cl)cc3)c2s1. The molecule has 0 aliphatic rings. The van der Waals surface area contributed by atoms with Gasteiger partial charge in [-0.3, -0.25) is 9.59 Å². The number of thiophene rings is 1. The Bertz CT molecular complexity index is 947. The van der Waals surface area contributed by atoms with E-state index in [1.54, 1.807) is 0 Å². The van der Waals surface area contributed by atoms with E-state index in [1.165, 1.54) is 18.4 Å². The third-order valence-electron chi connectivity index (χ3n) is 3.91. The van der Waals surface area contributed by atoms with E-state index in [-0.39, 0.29) is 18.3 Å². The van der Waals surface area contributed by atoms with Crippen LogP contribution >= 0.6 is 22.9 Å². The van der Waals surface area contributed by atoms with Crippen LogP contribution in [0.4, 0.5) is 0 Å². The van der Waals surface area contributed by atoms with Crippen molar-refractivity contribution in [1.29, 1.82) is 0 Å². The molecule has 0 atom stereocenters. The lowest BCUT2D eigenvalue weighted by Crippen LogP contribution is -2.24. The van der Waals surface area contributed by atoms with Gasteiger partial charge in [-0.25, -0.2) is 4.68 Å². The molecular formula is C18H18ClN3O3S. The lowest BCUT2D eigenvalue weighted by atomic mass is 10.3. The van der Waals surface area contributed by atoms with Crippen LogP contribution in [0.15, 0.2) is 30.3 Å². The van der Waals surface area contributed by atoms with E-state index in [4.69, 9.17) is 11.6 Å². The van der Waals surface area contributed by atoms with Gasteiger partial charge < -0.3 is 10.1 Å². The van der Waals surface area contributed by atoms with E-state index in [2.05, 4.69) is 15.2 Å². The van der Waals surface area contributed by atoms with Crippen molar-refractivity contribution in [1.82, 2.24) is 15.1 Å². The molecule has 0 unspecified atom stereocenters. The molecule has 0 radical (unpaired) electrons. The maximum absolute atomic E-state index is 12.4. The first kappa shape index (κ1) is 18.4. The summed E-state index contributed by atoms with van der Waals surface area (Å²) in [6, 6.07) is 9.25. The number of halogens is 1. The molecule has 1 aromatic carbocycles. The number of hydrogen-bond donors (Lipinski definition) is 1. The summed E-state index contributed by atoms with van der Waals surface area (Å²) in [6.45, 7) is 2.34. The topological polar surface area (TPSA) is 73.2 Å². The maximum atomic E-state index is 12.4. The molecule has 0 aliphatic carbocycles. The first-order valence-corrected chi connectivity index (χ1v) is 9.29. The summed E-state index contributed by atoms with van der Waals surface area (Å²) in [4.78, 5) is 25.0. The monoisotopic (exact) mass is 391 g/mol. The van der Waals surface area contributed by atoms with Gasteiger partial charge in [-0.1, -0.05) is 11.6 Å². The Labute approximate surface area is 159 Å². The van der Waals surface area contributed by atoms with Gasteiger partial charge in [0.05, 0.1) is 23.4 Å². The van der Waals surface area contributed by atoms with E-state index in [9.17, 15) is 9.59 Å². The highest BCUT2D eigenvalue weighted by atomic mass is 35.5. The number of carbonyl (C=O) groups excluding carboxylic acids is 2. The molecule has 8 heteroatoms. The van der Waals surface area contributed by atoms with Crippen LogP contribution in [0.5, 0.6) is 0 Å². The number of nitrogens with one attached hydrogen (secondary N) is 1. The summed E-state index contributed by atoms with van der Waals surface area (Å²) in [5.41, 5.74) is 1.75. The highest BCUT2D eigenvalue weighted by Crippen LogP contribution is 2.30. The average Bonchev–Trinajstić information content (AvgIpc) is 3.20. The molecule has 6 nitrogen and oxygen atoms in total. The third-order valence-corrected chi connectivity index (χ3v) is 5.27. The van der Waals surface area contributed by atoms with Gasteiger partial charge in [0, 0.05) is 23.4 Å². The molecule has 1 amide bonds. The van der Waals surface area contributed by atoms with Crippen molar-refractivity contribution in [3.63, 3.8) is 0 Å². The number of aryl methyl sites for hydroxylation is 1. The van der Waals surface area contributed by atoms with Gasteiger partial charge >= 0.3 is 5.97 Å². The summed E-state index contributed by atoms with van der Waals surface area (Å²) in [6.07, 6.45) is 0.828. The number of methoxy groups -OCH3 is 1. The minimum atomic E-state index is -0.278. The van der Waals surface area contributed by atoms with E-state index in [0.717, 1.165) is 21.6 Å². The van der Waals surface area contributed by atoms with Crippen LogP contribution in [0.2, 0.25) is 5.02 Å². The molecule has 3 rings (SSSR count). The minimum Gasteiger partial charge on any atom is -0.469 e. The van der Waals surface area contributed by atoms with E-state index < -0.39 is 0 Å². The number of esters is 1. The molecule has 3 aromatic rings. The zero-order valence-corrected chi connectivity index (χ0v) is 16.0. The Morgan fingerprint density at radius 1 is 1.31 bits per heavy atom. The van der Waals surface area contributed by atoms with Crippen LogP contribution < -0.4 is 5.32 Å². The van der Waals surface area contributed by atoms with Gasteiger partial charge in [0.25, 0.3) is 5.91 Å².